The molecule has 0 spiro atoms. The monoisotopic (exact) mass is 434 g/mol. The molecule has 3 amide bonds. The van der Waals surface area contributed by atoms with E-state index >= 15 is 0 Å². The highest BCUT2D eigenvalue weighted by molar-refractivity contribution is 6.02. The molecule has 1 saturated heterocycles. The first-order valence-corrected chi connectivity index (χ1v) is 10.4. The fourth-order valence-electron chi connectivity index (χ4n) is 3.48. The number of hydroxylamine groups is 2. The largest absolute Gasteiger partial charge is 0.333 e. The molecule has 7 nitrogen and oxygen atoms in total. The van der Waals surface area contributed by atoms with E-state index in [1.807, 2.05) is 62.4 Å². The number of hydrogen-bond donors (Lipinski definition) is 0. The Balaban J connectivity index is 1.78. The molecule has 7 heteroatoms. The zero-order valence-electron chi connectivity index (χ0n) is 18.3. The van der Waals surface area contributed by atoms with Gasteiger partial charge in [0, 0.05) is 24.8 Å². The molecule has 0 aliphatic carbocycles. The van der Waals surface area contributed by atoms with Gasteiger partial charge in [-0.3, -0.25) is 14.4 Å². The number of benzene rings is 2. The zero-order chi connectivity index (χ0) is 23.3. The fraction of sp³-hybridized carbons (Fsp3) is 0.280. The van der Waals surface area contributed by atoms with Crippen LogP contribution < -0.4 is 4.90 Å². The van der Waals surface area contributed by atoms with Gasteiger partial charge in [-0.2, -0.15) is 0 Å². The number of rotatable bonds is 8. The molecule has 1 fully saturated rings. The van der Waals surface area contributed by atoms with Gasteiger partial charge >= 0.3 is 5.97 Å². The van der Waals surface area contributed by atoms with Crippen molar-refractivity contribution in [1.29, 1.82) is 0 Å². The third-order valence-electron chi connectivity index (χ3n) is 5.29. The average molecular weight is 434 g/mol. The fourth-order valence-corrected chi connectivity index (χ4v) is 3.48. The van der Waals surface area contributed by atoms with Crippen LogP contribution in [-0.2, 0) is 30.6 Å². The minimum atomic E-state index is -0.800. The van der Waals surface area contributed by atoms with Gasteiger partial charge in [-0.15, -0.1) is 5.06 Å². The summed E-state index contributed by atoms with van der Waals surface area (Å²) in [5.41, 5.74) is 4.38. The van der Waals surface area contributed by atoms with E-state index in [1.165, 1.54) is 0 Å². The van der Waals surface area contributed by atoms with Gasteiger partial charge < -0.3 is 9.74 Å². The van der Waals surface area contributed by atoms with Gasteiger partial charge in [-0.05, 0) is 36.6 Å². The van der Waals surface area contributed by atoms with E-state index in [2.05, 4.69) is 6.58 Å². The number of nitrogens with zero attached hydrogens (tertiary/aromatic N) is 2. The summed E-state index contributed by atoms with van der Waals surface area (Å²) in [6.45, 7) is 8.19. The molecule has 2 aromatic carbocycles. The van der Waals surface area contributed by atoms with Crippen LogP contribution in [0.15, 0.2) is 55.1 Å². The third-order valence-corrected chi connectivity index (χ3v) is 5.29. The standard InChI is InChI=1S/C25H26N2O5/c1-17(2)20-10-6-7-11-21(20)26(16-19-9-5-4-8-18(19)3)22(28)14-15-25(31)32-27-23(29)12-13-24(27)30/h4-11H,1,12-16H2,2-3H3. The van der Waals surface area contributed by atoms with Gasteiger partial charge in [-0.25, -0.2) is 4.79 Å². The van der Waals surface area contributed by atoms with E-state index in [9.17, 15) is 19.2 Å². The Morgan fingerprint density at radius 1 is 1.00 bits per heavy atom. The van der Waals surface area contributed by atoms with Crippen LogP contribution in [0.3, 0.4) is 0 Å². The SMILES string of the molecule is C=C(C)c1ccccc1N(Cc1ccccc1C)C(=O)CCC(=O)ON1C(=O)CCC1=O. The van der Waals surface area contributed by atoms with E-state index in [0.29, 0.717) is 17.3 Å². The van der Waals surface area contributed by atoms with Crippen LogP contribution in [0.1, 0.15) is 49.3 Å². The molecule has 32 heavy (non-hydrogen) atoms. The summed E-state index contributed by atoms with van der Waals surface area (Å²) >= 11 is 0. The molecule has 1 aliphatic heterocycles. The Morgan fingerprint density at radius 3 is 2.28 bits per heavy atom. The number of hydrogen-bond acceptors (Lipinski definition) is 5. The van der Waals surface area contributed by atoms with Crippen molar-refractivity contribution in [2.45, 2.75) is 46.1 Å². The van der Waals surface area contributed by atoms with Gasteiger partial charge in [-0.1, -0.05) is 49.0 Å². The zero-order valence-corrected chi connectivity index (χ0v) is 18.3. The lowest BCUT2D eigenvalue weighted by Crippen LogP contribution is -2.34. The molecule has 0 aromatic heterocycles. The number of amides is 3. The predicted octanol–water partition coefficient (Wildman–Crippen LogP) is 3.95. The molecule has 0 unspecified atom stereocenters. The Kier molecular flexibility index (Phi) is 7.20. The summed E-state index contributed by atoms with van der Waals surface area (Å²) in [6.07, 6.45) is -0.346. The Labute approximate surface area is 187 Å². The van der Waals surface area contributed by atoms with Gasteiger partial charge in [0.1, 0.15) is 0 Å². The summed E-state index contributed by atoms with van der Waals surface area (Å²) in [7, 11) is 0. The maximum atomic E-state index is 13.2. The first-order valence-electron chi connectivity index (χ1n) is 10.4. The summed E-state index contributed by atoms with van der Waals surface area (Å²) in [6, 6.07) is 15.3. The van der Waals surface area contributed by atoms with Crippen molar-refractivity contribution in [3.05, 3.63) is 71.8 Å². The lowest BCUT2D eigenvalue weighted by atomic mass is 10.0. The molecule has 0 radical (unpaired) electrons. The van der Waals surface area contributed by atoms with Crippen LogP contribution >= 0.6 is 0 Å². The van der Waals surface area contributed by atoms with Crippen molar-refractivity contribution >= 4 is 35.0 Å². The minimum Gasteiger partial charge on any atom is -0.330 e. The Morgan fingerprint density at radius 2 is 1.62 bits per heavy atom. The second kappa shape index (κ2) is 10.0. The number of imide groups is 1. The normalized spacial score (nSPS) is 13.2. The first-order chi connectivity index (χ1) is 15.3. The lowest BCUT2D eigenvalue weighted by molar-refractivity contribution is -0.197. The highest BCUT2D eigenvalue weighted by Crippen LogP contribution is 2.29. The molecular weight excluding hydrogens is 408 g/mol. The van der Waals surface area contributed by atoms with Crippen molar-refractivity contribution in [2.75, 3.05) is 4.90 Å². The van der Waals surface area contributed by atoms with Crippen molar-refractivity contribution in [3.8, 4) is 0 Å². The molecule has 3 rings (SSSR count). The van der Waals surface area contributed by atoms with Crippen LogP contribution in [0.5, 0.6) is 0 Å². The van der Waals surface area contributed by atoms with E-state index in [0.717, 1.165) is 22.3 Å². The second-order valence-corrected chi connectivity index (χ2v) is 7.75. The van der Waals surface area contributed by atoms with Gasteiger partial charge in [0.2, 0.25) is 5.91 Å². The minimum absolute atomic E-state index is 0.0208. The van der Waals surface area contributed by atoms with Crippen LogP contribution in [0.2, 0.25) is 0 Å². The second-order valence-electron chi connectivity index (χ2n) is 7.75. The molecule has 1 aliphatic rings. The van der Waals surface area contributed by atoms with E-state index in [1.54, 1.807) is 4.90 Å². The van der Waals surface area contributed by atoms with Crippen molar-refractivity contribution in [3.63, 3.8) is 0 Å². The van der Waals surface area contributed by atoms with Crippen LogP contribution in [0.25, 0.3) is 5.57 Å². The first kappa shape index (κ1) is 22.9. The number of carbonyl (C=O) groups is 4. The summed E-state index contributed by atoms with van der Waals surface area (Å²) in [5.74, 6) is -2.18. The summed E-state index contributed by atoms with van der Waals surface area (Å²) < 4.78 is 0. The molecule has 0 bridgehead atoms. The van der Waals surface area contributed by atoms with Crippen LogP contribution in [0, 0.1) is 6.92 Å². The topological polar surface area (TPSA) is 84.0 Å². The number of para-hydroxylation sites is 1. The van der Waals surface area contributed by atoms with Gasteiger partial charge in [0.25, 0.3) is 11.8 Å². The summed E-state index contributed by atoms with van der Waals surface area (Å²) in [5, 5.41) is 0.494. The Hall–Kier alpha value is -3.74. The summed E-state index contributed by atoms with van der Waals surface area (Å²) in [4.78, 5) is 55.2. The number of allylic oxidation sites excluding steroid dienone is 1. The molecule has 0 atom stereocenters. The molecule has 0 saturated carbocycles. The molecule has 0 N–H and O–H groups in total. The van der Waals surface area contributed by atoms with E-state index < -0.39 is 17.8 Å². The maximum absolute atomic E-state index is 13.2. The Bertz CT molecular complexity index is 1060. The van der Waals surface area contributed by atoms with E-state index in [-0.39, 0.29) is 31.6 Å². The number of aryl methyl sites for hydroxylation is 1. The van der Waals surface area contributed by atoms with Gasteiger partial charge in [0.05, 0.1) is 18.7 Å². The molecule has 2 aromatic rings. The number of anilines is 1. The quantitative estimate of drug-likeness (QED) is 0.588. The van der Waals surface area contributed by atoms with Crippen LogP contribution in [0.4, 0.5) is 5.69 Å². The highest BCUT2D eigenvalue weighted by Gasteiger charge is 2.33. The number of carbonyl (C=O) groups excluding carboxylic acids is 4. The van der Waals surface area contributed by atoms with Crippen molar-refractivity contribution in [1.82, 2.24) is 5.06 Å². The average Bonchev–Trinajstić information content (AvgIpc) is 3.09. The van der Waals surface area contributed by atoms with Gasteiger partial charge in [0.15, 0.2) is 0 Å². The maximum Gasteiger partial charge on any atom is 0.333 e. The molecule has 1 heterocycles. The smallest absolute Gasteiger partial charge is 0.330 e. The van der Waals surface area contributed by atoms with E-state index in [4.69, 9.17) is 4.84 Å². The van der Waals surface area contributed by atoms with Crippen molar-refractivity contribution < 1.29 is 24.0 Å². The van der Waals surface area contributed by atoms with Crippen molar-refractivity contribution in [2.24, 2.45) is 0 Å². The third kappa shape index (κ3) is 5.29. The molecular formula is C25H26N2O5. The highest BCUT2D eigenvalue weighted by atomic mass is 16.7. The van der Waals surface area contributed by atoms with Crippen LogP contribution in [-0.4, -0.2) is 28.8 Å². The molecule has 166 valence electrons. The predicted molar refractivity (Wildman–Crippen MR) is 120 cm³/mol. The lowest BCUT2D eigenvalue weighted by Gasteiger charge is -2.26.